The van der Waals surface area contributed by atoms with Crippen LogP contribution in [0.3, 0.4) is 0 Å². The molecule has 17 nitrogen and oxygen atoms in total. The van der Waals surface area contributed by atoms with E-state index >= 15 is 0 Å². The second kappa shape index (κ2) is 72.3. The van der Waals surface area contributed by atoms with Gasteiger partial charge in [0.1, 0.15) is 19.3 Å². The maximum Gasteiger partial charge on any atom is 0.472 e. The molecular weight excluding hydrogens is 1310 g/mol. The fourth-order valence-electron chi connectivity index (χ4n) is 9.51. The molecule has 0 aromatic rings. The van der Waals surface area contributed by atoms with Crippen molar-refractivity contribution in [2.24, 2.45) is 0 Å². The second-order valence-corrected chi connectivity index (χ2v) is 27.7. The summed E-state index contributed by atoms with van der Waals surface area (Å²) in [4.78, 5) is 72.8. The number of rotatable bonds is 70. The number of ether oxygens (including phenoxy) is 4. The predicted octanol–water partition coefficient (Wildman–Crippen LogP) is 21.9. The van der Waals surface area contributed by atoms with E-state index in [0.717, 1.165) is 186 Å². The number of hydrogen-bond acceptors (Lipinski definition) is 15. The van der Waals surface area contributed by atoms with Crippen molar-refractivity contribution >= 4 is 39.5 Å². The first kappa shape index (κ1) is 94.9. The summed E-state index contributed by atoms with van der Waals surface area (Å²) < 4.78 is 68.3. The zero-order valence-electron chi connectivity index (χ0n) is 62.1. The molecule has 0 amide bonds. The highest BCUT2D eigenvalue weighted by Gasteiger charge is 2.30. The third kappa shape index (κ3) is 71.3. The molecule has 0 fully saturated rings. The monoisotopic (exact) mass is 1440 g/mol. The lowest BCUT2D eigenvalue weighted by Crippen LogP contribution is -2.30. The smallest absolute Gasteiger partial charge is 0.462 e. The minimum atomic E-state index is -5.00. The summed E-state index contributed by atoms with van der Waals surface area (Å²) in [7, 11) is -9.98. The molecular formula is C81H134O17P2. The number of carbonyl (C=O) groups excluding carboxylic acids is 4. The molecule has 0 bridgehead atoms. The Morgan fingerprint density at radius 2 is 0.560 bits per heavy atom. The maximum atomic E-state index is 13.1. The normalized spacial score (nSPS) is 14.8. The average molecular weight is 1440 g/mol. The van der Waals surface area contributed by atoms with Crippen LogP contribution in [-0.2, 0) is 65.4 Å². The molecule has 0 aliphatic heterocycles. The van der Waals surface area contributed by atoms with Gasteiger partial charge in [0.05, 0.1) is 26.4 Å². The number of aliphatic hydroxyl groups excluding tert-OH is 1. The summed E-state index contributed by atoms with van der Waals surface area (Å²) in [6.07, 6.45) is 81.4. The van der Waals surface area contributed by atoms with Crippen LogP contribution in [0.1, 0.15) is 285 Å². The van der Waals surface area contributed by atoms with Crippen molar-refractivity contribution in [2.45, 2.75) is 303 Å². The van der Waals surface area contributed by atoms with Crippen molar-refractivity contribution in [3.05, 3.63) is 146 Å². The summed E-state index contributed by atoms with van der Waals surface area (Å²) in [5.74, 6) is -2.32. The maximum absolute atomic E-state index is 13.1. The molecule has 5 atom stereocenters. The number of unbranched alkanes of at least 4 members (excludes halogenated alkanes) is 20. The highest BCUT2D eigenvalue weighted by molar-refractivity contribution is 7.47. The second-order valence-electron chi connectivity index (χ2n) is 24.8. The highest BCUT2D eigenvalue weighted by Crippen LogP contribution is 2.45. The standard InChI is InChI=1S/C81H134O17P2/c1-5-9-13-17-21-25-29-32-34-36-37-39-40-43-47-50-54-58-62-66-79(84)92-72-77(98-81(86)68-64-60-56-52-48-44-41-38-35-33-30-26-22-18-14-10-6-2)74-96-100(89,90)94-70-75(82)69-93-99(87,88)95-73-76(97-80(85)67-63-59-55-51-45-28-24-20-16-12-8-4)71-91-78(83)65-61-57-53-49-46-42-31-27-23-19-15-11-7-3/h9-10,13-15,19-22,24-27,31-35,37,39,43,47,54,58,75-77,82H,5-8,11-12,16-18,23,28-30,36,38,40-42,44-46,48-53,55-57,59-74H2,1-4H3,(H,87,88)(H,89,90)/b13-9-,14-10-,19-15-,24-20-,25-21-,26-22-,31-27-,34-32-,35-33-,39-37-,47-43-,58-54-. The molecule has 0 aromatic heterocycles. The van der Waals surface area contributed by atoms with E-state index in [4.69, 9.17) is 37.0 Å². The quantitative estimate of drug-likeness (QED) is 0.0169. The summed E-state index contributed by atoms with van der Waals surface area (Å²) in [5, 5.41) is 10.6. The molecule has 0 aromatic carbocycles. The van der Waals surface area contributed by atoms with Gasteiger partial charge in [-0.2, -0.15) is 0 Å². The van der Waals surface area contributed by atoms with Gasteiger partial charge in [-0.25, -0.2) is 9.13 Å². The molecule has 0 rings (SSSR count). The van der Waals surface area contributed by atoms with Gasteiger partial charge in [0.25, 0.3) is 0 Å². The Balaban J connectivity index is 5.43. The number of allylic oxidation sites excluding steroid dienone is 24. The minimum absolute atomic E-state index is 0.0295. The van der Waals surface area contributed by atoms with Gasteiger partial charge in [-0.15, -0.1) is 0 Å². The van der Waals surface area contributed by atoms with Crippen LogP contribution < -0.4 is 0 Å². The third-order valence-electron chi connectivity index (χ3n) is 15.3. The Morgan fingerprint density at radius 1 is 0.290 bits per heavy atom. The van der Waals surface area contributed by atoms with E-state index in [1.54, 1.807) is 0 Å². The van der Waals surface area contributed by atoms with Crippen molar-refractivity contribution in [2.75, 3.05) is 39.6 Å². The number of aliphatic hydroxyl groups is 1. The van der Waals surface area contributed by atoms with Gasteiger partial charge >= 0.3 is 39.5 Å². The van der Waals surface area contributed by atoms with E-state index in [0.29, 0.717) is 32.1 Å². The molecule has 0 saturated carbocycles. The van der Waals surface area contributed by atoms with Crippen molar-refractivity contribution in [1.82, 2.24) is 0 Å². The van der Waals surface area contributed by atoms with Crippen LogP contribution in [0.15, 0.2) is 146 Å². The van der Waals surface area contributed by atoms with Gasteiger partial charge in [0.2, 0.25) is 0 Å². The number of phosphoric acid groups is 2. The number of carbonyl (C=O) groups is 4. The van der Waals surface area contributed by atoms with Crippen LogP contribution in [0.5, 0.6) is 0 Å². The minimum Gasteiger partial charge on any atom is -0.462 e. The zero-order chi connectivity index (χ0) is 73.2. The number of hydrogen-bond donors (Lipinski definition) is 3. The number of phosphoric ester groups is 2. The van der Waals surface area contributed by atoms with Crippen molar-refractivity contribution in [3.8, 4) is 0 Å². The van der Waals surface area contributed by atoms with Crippen molar-refractivity contribution in [3.63, 3.8) is 0 Å². The molecule has 0 heterocycles. The van der Waals surface area contributed by atoms with E-state index in [2.05, 4.69) is 155 Å². The molecule has 0 radical (unpaired) electrons. The van der Waals surface area contributed by atoms with Crippen LogP contribution in [0.4, 0.5) is 0 Å². The van der Waals surface area contributed by atoms with Crippen LogP contribution in [0, 0.1) is 0 Å². The lowest BCUT2D eigenvalue weighted by molar-refractivity contribution is -0.161. The van der Waals surface area contributed by atoms with Gasteiger partial charge in [-0.1, -0.05) is 263 Å². The lowest BCUT2D eigenvalue weighted by atomic mass is 10.1. The molecule has 0 saturated heterocycles. The topological polar surface area (TPSA) is 237 Å². The number of esters is 4. The molecule has 0 spiro atoms. The largest absolute Gasteiger partial charge is 0.472 e. The Hall–Kier alpha value is -5.06. The van der Waals surface area contributed by atoms with Crippen molar-refractivity contribution in [1.29, 1.82) is 0 Å². The summed E-state index contributed by atoms with van der Waals surface area (Å²) >= 11 is 0. The van der Waals surface area contributed by atoms with Crippen LogP contribution in [-0.4, -0.2) is 96.7 Å². The third-order valence-corrected chi connectivity index (χ3v) is 17.2. The Bertz CT molecular complexity index is 2470. The fourth-order valence-corrected chi connectivity index (χ4v) is 11.1. The zero-order valence-corrected chi connectivity index (χ0v) is 63.9. The molecule has 100 heavy (non-hydrogen) atoms. The first-order valence-corrected chi connectivity index (χ1v) is 41.1. The van der Waals surface area contributed by atoms with Crippen LogP contribution >= 0.6 is 15.6 Å². The van der Waals surface area contributed by atoms with E-state index in [9.17, 15) is 43.2 Å². The Kier molecular flexibility index (Phi) is 68.6. The first-order valence-electron chi connectivity index (χ1n) is 38.1. The molecule has 0 aliphatic carbocycles. The van der Waals surface area contributed by atoms with Crippen molar-refractivity contribution < 1.29 is 80.2 Å². The Morgan fingerprint density at radius 3 is 0.910 bits per heavy atom. The van der Waals surface area contributed by atoms with E-state index in [-0.39, 0.29) is 25.7 Å². The van der Waals surface area contributed by atoms with Gasteiger partial charge in [0, 0.05) is 25.7 Å². The molecule has 19 heteroatoms. The van der Waals surface area contributed by atoms with Gasteiger partial charge < -0.3 is 33.8 Å². The van der Waals surface area contributed by atoms with Gasteiger partial charge in [-0.3, -0.25) is 37.3 Å². The van der Waals surface area contributed by atoms with Crippen LogP contribution in [0.25, 0.3) is 0 Å². The SMILES string of the molecule is CC/C=C\C/C=C\C/C=C\C/C=C\C/C=C\C/C=C\CCC(=O)OCC(COP(=O)(O)OCC(O)COP(=O)(O)OCC(COC(=O)CCCCCCC/C=C\C/C=C\CCC)OC(=O)CCCCCCC/C=C\CCCC)OC(=O)CCCCCCCCC/C=C\C/C=C\C/C=C\CC. The molecule has 3 N–H and O–H groups in total. The highest BCUT2D eigenvalue weighted by atomic mass is 31.2. The van der Waals surface area contributed by atoms with E-state index in [1.807, 2.05) is 18.2 Å². The summed E-state index contributed by atoms with van der Waals surface area (Å²) in [6.45, 7) is 4.41. The summed E-state index contributed by atoms with van der Waals surface area (Å²) in [6, 6.07) is 0. The van der Waals surface area contributed by atoms with E-state index in [1.165, 1.54) is 12.8 Å². The first-order chi connectivity index (χ1) is 48.7. The molecule has 570 valence electrons. The molecule has 5 unspecified atom stereocenters. The predicted molar refractivity (Wildman–Crippen MR) is 408 cm³/mol. The van der Waals surface area contributed by atoms with Gasteiger partial charge in [0.15, 0.2) is 12.2 Å². The summed E-state index contributed by atoms with van der Waals surface area (Å²) in [5.41, 5.74) is 0. The lowest BCUT2D eigenvalue weighted by Gasteiger charge is -2.21. The van der Waals surface area contributed by atoms with E-state index < -0.39 is 97.5 Å². The fraction of sp³-hybridized carbons (Fsp3) is 0.654. The molecule has 0 aliphatic rings. The Labute approximate surface area is 605 Å². The van der Waals surface area contributed by atoms with Crippen LogP contribution in [0.2, 0.25) is 0 Å². The van der Waals surface area contributed by atoms with Gasteiger partial charge in [-0.05, 0) is 141 Å². The average Bonchev–Trinajstić information content (AvgIpc) is 0.930.